The van der Waals surface area contributed by atoms with Gasteiger partial charge in [0.15, 0.2) is 11.6 Å². The maximum Gasteiger partial charge on any atom is 0.309 e. The number of nitrogens with zero attached hydrogens (tertiary/aromatic N) is 6. The third-order valence-electron chi connectivity index (χ3n) is 13.6. The lowest BCUT2D eigenvalue weighted by Crippen LogP contribution is -2.34. The molecular formula is C43H53N7O5. The number of ketones is 1. The number of aliphatic carboxylic acids is 1. The Hall–Kier alpha value is -4.65. The third kappa shape index (κ3) is 6.72. The smallest absolute Gasteiger partial charge is 0.309 e. The summed E-state index contributed by atoms with van der Waals surface area (Å²) < 4.78 is 3.87. The Balaban J connectivity index is 0.942. The number of imidazole rings is 2. The lowest BCUT2D eigenvalue weighted by Gasteiger charge is -2.32. The van der Waals surface area contributed by atoms with Crippen LogP contribution in [0.15, 0.2) is 36.4 Å². The highest BCUT2D eigenvalue weighted by molar-refractivity contribution is 6.03. The molecule has 4 heterocycles. The quantitative estimate of drug-likeness (QED) is 0.166. The molecule has 2 aliphatic heterocycles. The van der Waals surface area contributed by atoms with Crippen molar-refractivity contribution in [3.8, 4) is 11.1 Å². The first kappa shape index (κ1) is 37.3. The van der Waals surface area contributed by atoms with Crippen molar-refractivity contribution in [1.29, 1.82) is 0 Å². The van der Waals surface area contributed by atoms with Gasteiger partial charge in [0.05, 0.1) is 23.4 Å². The molecule has 290 valence electrons. The van der Waals surface area contributed by atoms with E-state index in [9.17, 15) is 24.6 Å². The molecule has 0 unspecified atom stereocenters. The highest BCUT2D eigenvalue weighted by Crippen LogP contribution is 2.63. The van der Waals surface area contributed by atoms with Crippen molar-refractivity contribution in [2.24, 2.45) is 24.9 Å². The molecule has 55 heavy (non-hydrogen) atoms. The van der Waals surface area contributed by atoms with E-state index in [2.05, 4.69) is 27.2 Å². The maximum atomic E-state index is 13.8. The van der Waals surface area contributed by atoms with Gasteiger partial charge in [0, 0.05) is 83.2 Å². The number of hydrogen-bond donors (Lipinski definition) is 3. The summed E-state index contributed by atoms with van der Waals surface area (Å²) in [6, 6.07) is 12.0. The molecular weight excluding hydrogens is 695 g/mol. The fourth-order valence-corrected chi connectivity index (χ4v) is 10.2. The Morgan fingerprint density at radius 1 is 0.800 bits per heavy atom. The fourth-order valence-electron chi connectivity index (χ4n) is 10.2. The van der Waals surface area contributed by atoms with Crippen LogP contribution >= 0.6 is 0 Å². The largest absolute Gasteiger partial charge is 0.481 e. The van der Waals surface area contributed by atoms with Crippen molar-refractivity contribution in [1.82, 2.24) is 28.9 Å². The summed E-state index contributed by atoms with van der Waals surface area (Å²) in [5, 5.41) is 22.4. The van der Waals surface area contributed by atoms with Crippen molar-refractivity contribution >= 4 is 23.3 Å². The molecule has 12 nitrogen and oxygen atoms in total. The average Bonchev–Trinajstić information content (AvgIpc) is 3.93. The fraction of sp³-hybridized carbons (Fsp3) is 0.512. The first-order valence-electron chi connectivity index (χ1n) is 19.8. The van der Waals surface area contributed by atoms with Gasteiger partial charge in [0.1, 0.15) is 0 Å². The van der Waals surface area contributed by atoms with Crippen LogP contribution in [0, 0.1) is 24.7 Å². The van der Waals surface area contributed by atoms with E-state index in [4.69, 9.17) is 9.97 Å². The molecule has 2 aliphatic carbocycles. The number of benzene rings is 2. The number of fused-ring (bicyclic) bond motifs is 4. The monoisotopic (exact) mass is 747 g/mol. The zero-order valence-electron chi connectivity index (χ0n) is 32.6. The number of β-amino-alcohol motifs (C(OH)–C–C–N with tert-alkyl or cyclic N) is 1. The highest BCUT2D eigenvalue weighted by Gasteiger charge is 2.57. The molecule has 1 amide bonds. The highest BCUT2D eigenvalue weighted by atomic mass is 16.4. The number of hydrogen-bond acceptors (Lipinski definition) is 8. The molecule has 2 aromatic carbocycles. The van der Waals surface area contributed by atoms with Crippen molar-refractivity contribution < 1.29 is 24.6 Å². The number of nitrogens with one attached hydrogen (secondary N) is 1. The van der Waals surface area contributed by atoms with Crippen LogP contribution in [0.1, 0.15) is 99.2 Å². The van der Waals surface area contributed by atoms with Gasteiger partial charge < -0.3 is 24.7 Å². The Morgan fingerprint density at radius 2 is 1.40 bits per heavy atom. The van der Waals surface area contributed by atoms with Gasteiger partial charge in [-0.1, -0.05) is 30.3 Å². The molecule has 12 heteroatoms. The SMILES string of the molecule is Cc1c(CC(=O)c2nc3c(n2C)CCN(CCO)C3)cccc1-c1cccc(NC(=O)c2nc3c(n2C)CCN(CCC24CCC(C(=O)O)(CC2)C4)C3)c1C. The summed E-state index contributed by atoms with van der Waals surface area (Å²) in [6.07, 6.45) is 7.31. The standard InChI is InChI=1S/C43H53N7O5/c1-27-29(23-37(52)38-44-33-25-50(21-22-51)19-12-35(33)47(38)3)7-5-8-30(27)31-9-6-10-32(28(31)2)46-40(53)39-45-34-24-49(18-11-36(34)48(39)4)20-17-42-13-15-43(26-42,16-14-42)41(54)55/h5-10,51H,11-26H2,1-4H3,(H,46,53)(H,54,55). The lowest BCUT2D eigenvalue weighted by molar-refractivity contribution is -0.148. The normalized spacial score (nSPS) is 22.1. The number of carboxylic acid groups (broad SMARTS) is 1. The predicted molar refractivity (Wildman–Crippen MR) is 209 cm³/mol. The Bertz CT molecular complexity index is 2170. The molecule has 0 radical (unpaired) electrons. The van der Waals surface area contributed by atoms with E-state index in [0.717, 1.165) is 122 Å². The molecule has 0 saturated heterocycles. The molecule has 8 rings (SSSR count). The van der Waals surface area contributed by atoms with Crippen LogP contribution < -0.4 is 5.32 Å². The Labute approximate surface area is 322 Å². The summed E-state index contributed by atoms with van der Waals surface area (Å²) in [5.74, 6) is -0.0359. The predicted octanol–water partition coefficient (Wildman–Crippen LogP) is 5.25. The average molecular weight is 748 g/mol. The number of aliphatic hydroxyl groups excluding tert-OH is 1. The van der Waals surface area contributed by atoms with E-state index in [1.54, 1.807) is 0 Å². The summed E-state index contributed by atoms with van der Waals surface area (Å²) >= 11 is 0. The van der Waals surface area contributed by atoms with Gasteiger partial charge in [-0.2, -0.15) is 0 Å². The molecule has 3 N–H and O–H groups in total. The second-order valence-electron chi connectivity index (χ2n) is 16.7. The second-order valence-corrected chi connectivity index (χ2v) is 16.7. The van der Waals surface area contributed by atoms with Crippen LogP contribution in [0.2, 0.25) is 0 Å². The second kappa shape index (κ2) is 14.5. The van der Waals surface area contributed by atoms with Gasteiger partial charge >= 0.3 is 5.97 Å². The van der Waals surface area contributed by atoms with Gasteiger partial charge in [-0.05, 0) is 98.2 Å². The van der Waals surface area contributed by atoms with Crippen LogP contribution in [-0.4, -0.2) is 89.6 Å². The summed E-state index contributed by atoms with van der Waals surface area (Å²) in [5.41, 5.74) is 9.28. The van der Waals surface area contributed by atoms with E-state index in [1.165, 1.54) is 0 Å². The minimum Gasteiger partial charge on any atom is -0.481 e. The molecule has 2 saturated carbocycles. The molecule has 0 atom stereocenters. The number of rotatable bonds is 12. The van der Waals surface area contributed by atoms with Crippen LogP contribution in [-0.2, 0) is 51.2 Å². The molecule has 0 spiro atoms. The Morgan fingerprint density at radius 3 is 2.04 bits per heavy atom. The summed E-state index contributed by atoms with van der Waals surface area (Å²) in [6.45, 7) is 8.74. The van der Waals surface area contributed by atoms with Gasteiger partial charge in [0.25, 0.3) is 5.91 Å². The van der Waals surface area contributed by atoms with E-state index in [1.807, 2.05) is 61.3 Å². The van der Waals surface area contributed by atoms with E-state index >= 15 is 0 Å². The van der Waals surface area contributed by atoms with Crippen molar-refractivity contribution in [2.75, 3.05) is 38.1 Å². The zero-order valence-corrected chi connectivity index (χ0v) is 32.6. The topological polar surface area (TPSA) is 146 Å². The molecule has 4 aromatic rings. The molecule has 2 aromatic heterocycles. The number of carbonyl (C=O) groups excluding carboxylic acids is 2. The molecule has 2 bridgehead atoms. The number of anilines is 1. The first-order chi connectivity index (χ1) is 26.4. The van der Waals surface area contributed by atoms with Crippen LogP contribution in [0.4, 0.5) is 5.69 Å². The van der Waals surface area contributed by atoms with Crippen molar-refractivity contribution in [2.45, 2.75) is 84.7 Å². The minimum absolute atomic E-state index is 0.0291. The number of aromatic nitrogens is 4. The Kier molecular flexibility index (Phi) is 9.80. The first-order valence-corrected chi connectivity index (χ1v) is 19.8. The van der Waals surface area contributed by atoms with Crippen LogP contribution in [0.3, 0.4) is 0 Å². The summed E-state index contributed by atoms with van der Waals surface area (Å²) in [4.78, 5) is 53.7. The molecule has 2 fully saturated rings. The van der Waals surface area contributed by atoms with E-state index in [-0.39, 0.29) is 30.1 Å². The van der Waals surface area contributed by atoms with Gasteiger partial charge in [-0.15, -0.1) is 0 Å². The van der Waals surface area contributed by atoms with Crippen molar-refractivity contribution in [3.05, 3.63) is 87.5 Å². The minimum atomic E-state index is -0.614. The van der Waals surface area contributed by atoms with E-state index in [0.29, 0.717) is 37.0 Å². The number of amides is 1. The zero-order chi connectivity index (χ0) is 38.6. The maximum absolute atomic E-state index is 13.8. The van der Waals surface area contributed by atoms with Gasteiger partial charge in [0.2, 0.25) is 5.78 Å². The molecule has 4 aliphatic rings. The summed E-state index contributed by atoms with van der Waals surface area (Å²) in [7, 11) is 3.84. The number of aliphatic hydroxyl groups is 1. The van der Waals surface area contributed by atoms with Crippen LogP contribution in [0.25, 0.3) is 11.1 Å². The number of carboxylic acids is 1. The number of Topliss-reactive ketones (excluding diaryl/α,β-unsaturated/α-hetero) is 1. The van der Waals surface area contributed by atoms with E-state index < -0.39 is 11.4 Å². The van der Waals surface area contributed by atoms with Crippen molar-refractivity contribution in [3.63, 3.8) is 0 Å². The van der Waals surface area contributed by atoms with Gasteiger partial charge in [-0.3, -0.25) is 24.2 Å². The van der Waals surface area contributed by atoms with Crippen LogP contribution in [0.5, 0.6) is 0 Å². The number of carbonyl (C=O) groups is 3. The van der Waals surface area contributed by atoms with Gasteiger partial charge in [-0.25, -0.2) is 9.97 Å². The third-order valence-corrected chi connectivity index (χ3v) is 13.6. The lowest BCUT2D eigenvalue weighted by atomic mass is 9.80.